The Labute approximate surface area is 93.0 Å². The number of halogens is 1. The molecule has 2 N–H and O–H groups in total. The minimum Gasteiger partial charge on any atom is -0.454 e. The highest BCUT2D eigenvalue weighted by Gasteiger charge is 2.59. The summed E-state index contributed by atoms with van der Waals surface area (Å²) in [4.78, 5) is 0. The van der Waals surface area contributed by atoms with E-state index in [0.717, 1.165) is 17.0 Å². The first-order chi connectivity index (χ1) is 6.48. The van der Waals surface area contributed by atoms with E-state index in [-0.39, 0.29) is 0 Å². The Bertz CT molecular complexity index is 356. The van der Waals surface area contributed by atoms with Crippen LogP contribution in [0.3, 0.4) is 0 Å². The van der Waals surface area contributed by atoms with Crippen molar-refractivity contribution in [2.45, 2.75) is 26.7 Å². The molecule has 1 aromatic heterocycles. The van der Waals surface area contributed by atoms with Gasteiger partial charge in [0.05, 0.1) is 0 Å². The average molecular weight is 258 g/mol. The van der Waals surface area contributed by atoms with Gasteiger partial charge in [-0.3, -0.25) is 0 Å². The van der Waals surface area contributed by atoms with Gasteiger partial charge >= 0.3 is 0 Å². The van der Waals surface area contributed by atoms with E-state index in [0.29, 0.717) is 17.3 Å². The molecule has 0 saturated heterocycles. The van der Waals surface area contributed by atoms with Crippen molar-refractivity contribution in [3.8, 4) is 0 Å². The number of nitrogens with two attached hydrogens (primary N) is 1. The second-order valence-corrected chi connectivity index (χ2v) is 5.52. The molecule has 0 spiro atoms. The summed E-state index contributed by atoms with van der Waals surface area (Å²) in [5.74, 6) is 2.18. The van der Waals surface area contributed by atoms with Crippen LogP contribution in [0.1, 0.15) is 31.1 Å². The zero-order chi connectivity index (χ0) is 10.5. The van der Waals surface area contributed by atoms with E-state index in [1.54, 1.807) is 0 Å². The summed E-state index contributed by atoms with van der Waals surface area (Å²) < 4.78 is 6.49. The van der Waals surface area contributed by atoms with Gasteiger partial charge in [0.15, 0.2) is 4.67 Å². The van der Waals surface area contributed by atoms with Crippen LogP contribution < -0.4 is 5.73 Å². The summed E-state index contributed by atoms with van der Waals surface area (Å²) in [5.41, 5.74) is 7.27. The van der Waals surface area contributed by atoms with E-state index in [4.69, 9.17) is 10.2 Å². The molecule has 1 aliphatic carbocycles. The van der Waals surface area contributed by atoms with E-state index < -0.39 is 0 Å². The summed E-state index contributed by atoms with van der Waals surface area (Å²) >= 11 is 3.36. The third-order valence-electron chi connectivity index (χ3n) is 3.51. The fourth-order valence-corrected chi connectivity index (χ4v) is 2.99. The molecule has 0 aromatic carbocycles. The van der Waals surface area contributed by atoms with Crippen LogP contribution >= 0.6 is 15.9 Å². The van der Waals surface area contributed by atoms with Crippen LogP contribution in [0.15, 0.2) is 15.2 Å². The first-order valence-corrected chi connectivity index (χ1v) is 5.73. The van der Waals surface area contributed by atoms with Gasteiger partial charge in [-0.05, 0) is 52.4 Å². The topological polar surface area (TPSA) is 39.2 Å². The molecule has 1 saturated carbocycles. The van der Waals surface area contributed by atoms with Gasteiger partial charge in [-0.2, -0.15) is 0 Å². The highest BCUT2D eigenvalue weighted by molar-refractivity contribution is 9.10. The van der Waals surface area contributed by atoms with Gasteiger partial charge in [-0.1, -0.05) is 13.8 Å². The number of rotatable bonds is 2. The second-order valence-electron chi connectivity index (χ2n) is 4.74. The minimum absolute atomic E-state index is 0.302. The molecular formula is C11H16BrNO. The predicted molar refractivity (Wildman–Crippen MR) is 60.2 cm³/mol. The molecule has 2 nitrogen and oxygen atoms in total. The van der Waals surface area contributed by atoms with Gasteiger partial charge in [-0.15, -0.1) is 0 Å². The lowest BCUT2D eigenvalue weighted by molar-refractivity contribution is 0.462. The summed E-state index contributed by atoms with van der Waals surface area (Å²) in [5, 5.41) is 0. The summed E-state index contributed by atoms with van der Waals surface area (Å²) in [7, 11) is 0. The number of hydrogen-bond acceptors (Lipinski definition) is 2. The van der Waals surface area contributed by atoms with E-state index in [1.807, 2.05) is 6.07 Å². The Balaban J connectivity index is 2.30. The molecular weight excluding hydrogens is 242 g/mol. The molecule has 0 aliphatic heterocycles. The maximum Gasteiger partial charge on any atom is 0.169 e. The van der Waals surface area contributed by atoms with Crippen molar-refractivity contribution in [1.29, 1.82) is 0 Å². The van der Waals surface area contributed by atoms with Crippen molar-refractivity contribution in [2.75, 3.05) is 6.54 Å². The van der Waals surface area contributed by atoms with Crippen molar-refractivity contribution in [2.24, 2.45) is 17.1 Å². The Hall–Kier alpha value is -0.280. The van der Waals surface area contributed by atoms with Crippen LogP contribution in [0, 0.1) is 18.3 Å². The maximum absolute atomic E-state index is 5.74. The largest absolute Gasteiger partial charge is 0.454 e. The zero-order valence-electron chi connectivity index (χ0n) is 8.80. The lowest BCUT2D eigenvalue weighted by Gasteiger charge is -2.00. The van der Waals surface area contributed by atoms with Crippen molar-refractivity contribution < 1.29 is 4.42 Å². The van der Waals surface area contributed by atoms with Crippen LogP contribution in [0.2, 0.25) is 0 Å². The van der Waals surface area contributed by atoms with E-state index in [1.165, 1.54) is 5.56 Å². The molecule has 1 aliphatic rings. The summed E-state index contributed by atoms with van der Waals surface area (Å²) in [6, 6.07) is 2.03. The second kappa shape index (κ2) is 3.11. The van der Waals surface area contributed by atoms with Gasteiger partial charge in [0, 0.05) is 5.92 Å². The SMILES string of the molecule is Cc1cc(Br)oc1[C@H]1[C@H](CN)C1(C)C. The lowest BCUT2D eigenvalue weighted by atomic mass is 10.1. The first kappa shape index (κ1) is 10.2. The summed E-state index contributed by atoms with van der Waals surface area (Å²) in [6.45, 7) is 7.34. The van der Waals surface area contributed by atoms with Crippen LogP contribution in [0.4, 0.5) is 0 Å². The maximum atomic E-state index is 5.74. The first-order valence-electron chi connectivity index (χ1n) is 4.94. The van der Waals surface area contributed by atoms with Gasteiger partial charge in [-0.25, -0.2) is 0 Å². The van der Waals surface area contributed by atoms with Crippen molar-refractivity contribution in [3.63, 3.8) is 0 Å². The van der Waals surface area contributed by atoms with Crippen LogP contribution in [-0.4, -0.2) is 6.54 Å². The fourth-order valence-electron chi connectivity index (χ4n) is 2.47. The fraction of sp³-hybridized carbons (Fsp3) is 0.636. The number of aryl methyl sites for hydroxylation is 1. The smallest absolute Gasteiger partial charge is 0.169 e. The van der Waals surface area contributed by atoms with Gasteiger partial charge in [0.25, 0.3) is 0 Å². The highest BCUT2D eigenvalue weighted by atomic mass is 79.9. The van der Waals surface area contributed by atoms with E-state index in [2.05, 4.69) is 36.7 Å². The van der Waals surface area contributed by atoms with Gasteiger partial charge in [0.1, 0.15) is 5.76 Å². The molecule has 14 heavy (non-hydrogen) atoms. The lowest BCUT2D eigenvalue weighted by Crippen LogP contribution is -2.05. The van der Waals surface area contributed by atoms with E-state index >= 15 is 0 Å². The Morgan fingerprint density at radius 1 is 1.57 bits per heavy atom. The predicted octanol–water partition coefficient (Wildman–Crippen LogP) is 3.05. The van der Waals surface area contributed by atoms with Gasteiger partial charge < -0.3 is 10.2 Å². The molecule has 1 heterocycles. The normalized spacial score (nSPS) is 29.2. The van der Waals surface area contributed by atoms with Crippen molar-refractivity contribution in [3.05, 3.63) is 22.1 Å². The molecule has 3 heteroatoms. The van der Waals surface area contributed by atoms with Crippen LogP contribution in [-0.2, 0) is 0 Å². The molecule has 0 unspecified atom stereocenters. The molecule has 78 valence electrons. The Kier molecular flexibility index (Phi) is 2.27. The van der Waals surface area contributed by atoms with Crippen LogP contribution in [0.25, 0.3) is 0 Å². The number of furan rings is 1. The van der Waals surface area contributed by atoms with Gasteiger partial charge in [0.2, 0.25) is 0 Å². The minimum atomic E-state index is 0.302. The van der Waals surface area contributed by atoms with Crippen molar-refractivity contribution in [1.82, 2.24) is 0 Å². The third kappa shape index (κ3) is 1.34. The quantitative estimate of drug-likeness (QED) is 0.885. The van der Waals surface area contributed by atoms with E-state index in [9.17, 15) is 0 Å². The zero-order valence-corrected chi connectivity index (χ0v) is 10.4. The molecule has 0 bridgehead atoms. The monoisotopic (exact) mass is 257 g/mol. The van der Waals surface area contributed by atoms with Crippen LogP contribution in [0.5, 0.6) is 0 Å². The standard InChI is InChI=1S/C11H16BrNO/c1-6-4-8(12)14-10(6)9-7(5-13)11(9,2)3/h4,7,9H,5,13H2,1-3H3/t7-,9+/m0/s1. The Morgan fingerprint density at radius 2 is 2.21 bits per heavy atom. The van der Waals surface area contributed by atoms with Crippen molar-refractivity contribution >= 4 is 15.9 Å². The Morgan fingerprint density at radius 3 is 2.57 bits per heavy atom. The third-order valence-corrected chi connectivity index (χ3v) is 3.90. The average Bonchev–Trinajstić information content (AvgIpc) is 2.46. The molecule has 0 amide bonds. The highest BCUT2D eigenvalue weighted by Crippen LogP contribution is 2.64. The molecule has 1 aromatic rings. The summed E-state index contributed by atoms with van der Waals surface area (Å²) in [6.07, 6.45) is 0. The molecule has 2 rings (SSSR count). The number of hydrogen-bond donors (Lipinski definition) is 1. The molecule has 1 fully saturated rings. The molecule has 0 radical (unpaired) electrons. The molecule has 2 atom stereocenters.